The molecule has 1 spiro atoms. The maximum Gasteiger partial charge on any atom is 0.490 e. The molecule has 1 atom stereocenters. The molecule has 2 aliphatic heterocycles. The highest BCUT2D eigenvalue weighted by Gasteiger charge is 2.52. The molecule has 46 heavy (non-hydrogen) atoms. The summed E-state index contributed by atoms with van der Waals surface area (Å²) in [6.45, 7) is 4.85. The Hall–Kier alpha value is -4.40. The Balaban J connectivity index is 0.000000413. The van der Waals surface area contributed by atoms with Gasteiger partial charge in [-0.2, -0.15) is 39.5 Å². The van der Waals surface area contributed by atoms with Crippen LogP contribution in [-0.2, 0) is 32.3 Å². The molecule has 12 nitrogen and oxygen atoms in total. The van der Waals surface area contributed by atoms with E-state index < -0.39 is 42.0 Å². The first-order valence-corrected chi connectivity index (χ1v) is 12.5. The number of pyridine rings is 1. The van der Waals surface area contributed by atoms with Crippen molar-refractivity contribution in [3.05, 3.63) is 54.2 Å². The lowest BCUT2D eigenvalue weighted by molar-refractivity contribution is -0.193. The number of aromatic nitrogens is 1. The third-order valence-electron chi connectivity index (χ3n) is 6.17. The molecule has 0 saturated carbocycles. The molecule has 2 aromatic heterocycles. The second kappa shape index (κ2) is 16.2. The lowest BCUT2D eigenvalue weighted by atomic mass is 9.91. The van der Waals surface area contributed by atoms with Gasteiger partial charge in [0.25, 0.3) is 0 Å². The highest BCUT2D eigenvalue weighted by atomic mass is 19.4. The summed E-state index contributed by atoms with van der Waals surface area (Å²) in [5.74, 6) is -7.08. The number of piperazine rings is 1. The fourth-order valence-electron chi connectivity index (χ4n) is 4.08. The van der Waals surface area contributed by atoms with Crippen LogP contribution in [0, 0.1) is 0 Å². The zero-order valence-electron chi connectivity index (χ0n) is 23.6. The number of carboxylic acid groups (broad SMARTS) is 3. The van der Waals surface area contributed by atoms with Crippen molar-refractivity contribution in [1.29, 1.82) is 0 Å². The third kappa shape index (κ3) is 12.5. The number of nitrogens with zero attached hydrogens (tertiary/aromatic N) is 4. The molecule has 258 valence electrons. The van der Waals surface area contributed by atoms with Gasteiger partial charge in [0, 0.05) is 52.2 Å². The van der Waals surface area contributed by atoms with Crippen molar-refractivity contribution < 1.29 is 78.4 Å². The second-order valence-electron chi connectivity index (χ2n) is 9.49. The van der Waals surface area contributed by atoms with Gasteiger partial charge in [-0.3, -0.25) is 19.6 Å². The minimum atomic E-state index is -5.08. The van der Waals surface area contributed by atoms with Crippen molar-refractivity contribution in [1.82, 2.24) is 19.7 Å². The number of likely N-dealkylation sites (N-methyl/N-ethyl adjacent to an activating group) is 1. The monoisotopic (exact) mass is 682 g/mol. The number of carboxylic acids is 3. The van der Waals surface area contributed by atoms with E-state index in [0.29, 0.717) is 0 Å². The van der Waals surface area contributed by atoms with Crippen LogP contribution in [0.4, 0.5) is 39.5 Å². The van der Waals surface area contributed by atoms with E-state index >= 15 is 0 Å². The summed E-state index contributed by atoms with van der Waals surface area (Å²) in [5.41, 5.74) is 0.721. The maximum absolute atomic E-state index is 13.1. The standard InChI is InChI=1S/C19H24N4O2.3C2HF3O2/c1-21-9-10-23(13-16-4-2-7-20-12-16)19(18(21)24)6-8-22(15-19)14-17-5-3-11-25-17;3*3-2(4,5)1(6)7/h2-5,7,11-12H,6,8-10,13-15H2,1H3;3*(H,6,7). The molecule has 0 radical (unpaired) electrons. The molecule has 4 rings (SSSR count). The van der Waals surface area contributed by atoms with Crippen LogP contribution in [0.15, 0.2) is 47.3 Å². The van der Waals surface area contributed by atoms with Gasteiger partial charge in [-0.05, 0) is 30.2 Å². The van der Waals surface area contributed by atoms with Gasteiger partial charge in [0.2, 0.25) is 5.91 Å². The first-order valence-electron chi connectivity index (χ1n) is 12.5. The Bertz CT molecular complexity index is 1230. The van der Waals surface area contributed by atoms with Crippen LogP contribution in [-0.4, -0.2) is 116 Å². The molecule has 1 unspecified atom stereocenters. The van der Waals surface area contributed by atoms with E-state index in [1.165, 1.54) is 0 Å². The second-order valence-corrected chi connectivity index (χ2v) is 9.49. The van der Waals surface area contributed by atoms with Crippen LogP contribution in [0.5, 0.6) is 0 Å². The molecule has 4 heterocycles. The first kappa shape index (κ1) is 39.6. The van der Waals surface area contributed by atoms with Gasteiger partial charge < -0.3 is 24.6 Å². The van der Waals surface area contributed by atoms with Gasteiger partial charge in [-0.25, -0.2) is 14.4 Å². The molecule has 2 aromatic rings. The summed E-state index contributed by atoms with van der Waals surface area (Å²) < 4.78 is 101. The normalized spacial score (nSPS) is 18.8. The summed E-state index contributed by atoms with van der Waals surface area (Å²) in [7, 11) is 1.92. The number of likely N-dealkylation sites (tertiary alicyclic amines) is 1. The minimum Gasteiger partial charge on any atom is -0.475 e. The van der Waals surface area contributed by atoms with Gasteiger partial charge in [0.05, 0.1) is 12.8 Å². The smallest absolute Gasteiger partial charge is 0.475 e. The number of carbonyl (C=O) groups excluding carboxylic acids is 1. The van der Waals surface area contributed by atoms with Crippen molar-refractivity contribution in [2.45, 2.75) is 43.6 Å². The van der Waals surface area contributed by atoms with Crippen LogP contribution in [0.3, 0.4) is 0 Å². The van der Waals surface area contributed by atoms with E-state index in [9.17, 15) is 44.3 Å². The molecule has 2 aliphatic rings. The summed E-state index contributed by atoms with van der Waals surface area (Å²) in [5, 5.41) is 21.4. The maximum atomic E-state index is 13.1. The quantitative estimate of drug-likeness (QED) is 0.405. The Labute approximate surface area is 253 Å². The Morgan fingerprint density at radius 3 is 1.78 bits per heavy atom. The topological polar surface area (TPSA) is 165 Å². The average Bonchev–Trinajstić information content (AvgIpc) is 3.60. The Kier molecular flexibility index (Phi) is 14.0. The summed E-state index contributed by atoms with van der Waals surface area (Å²) in [6.07, 6.45) is -9.01. The predicted octanol–water partition coefficient (Wildman–Crippen LogP) is 3.49. The van der Waals surface area contributed by atoms with E-state index in [4.69, 9.17) is 34.1 Å². The molecule has 0 aromatic carbocycles. The number of aliphatic carboxylic acids is 3. The van der Waals surface area contributed by atoms with E-state index in [1.54, 1.807) is 12.5 Å². The van der Waals surface area contributed by atoms with Crippen LogP contribution >= 0.6 is 0 Å². The van der Waals surface area contributed by atoms with E-state index in [-0.39, 0.29) is 5.91 Å². The number of alkyl halides is 9. The largest absolute Gasteiger partial charge is 0.490 e. The van der Waals surface area contributed by atoms with Gasteiger partial charge in [-0.1, -0.05) is 6.07 Å². The molecule has 2 fully saturated rings. The van der Waals surface area contributed by atoms with Gasteiger partial charge in [0.1, 0.15) is 11.3 Å². The van der Waals surface area contributed by atoms with Crippen molar-refractivity contribution >= 4 is 23.8 Å². The van der Waals surface area contributed by atoms with Crippen molar-refractivity contribution in [3.63, 3.8) is 0 Å². The molecular weight excluding hydrogens is 655 g/mol. The van der Waals surface area contributed by atoms with Gasteiger partial charge in [-0.15, -0.1) is 0 Å². The molecule has 3 N–H and O–H groups in total. The van der Waals surface area contributed by atoms with Crippen LogP contribution in [0.25, 0.3) is 0 Å². The van der Waals surface area contributed by atoms with E-state index in [1.807, 2.05) is 36.3 Å². The summed E-state index contributed by atoms with van der Waals surface area (Å²) in [4.78, 5) is 50.6. The van der Waals surface area contributed by atoms with Crippen molar-refractivity contribution in [2.75, 3.05) is 33.2 Å². The zero-order valence-corrected chi connectivity index (χ0v) is 23.6. The fourth-order valence-corrected chi connectivity index (χ4v) is 4.08. The first-order chi connectivity index (χ1) is 21.0. The number of carbonyl (C=O) groups is 4. The van der Waals surface area contributed by atoms with Gasteiger partial charge >= 0.3 is 36.4 Å². The predicted molar refractivity (Wildman–Crippen MR) is 135 cm³/mol. The molecular formula is C25H27F9N4O8. The lowest BCUT2D eigenvalue weighted by Crippen LogP contribution is -2.65. The van der Waals surface area contributed by atoms with Crippen molar-refractivity contribution in [3.8, 4) is 0 Å². The SMILES string of the molecule is CN1CCN(Cc2cccnc2)C2(CCN(Cc3ccco3)C2)C1=O.O=C(O)C(F)(F)F.O=C(O)C(F)(F)F.O=C(O)C(F)(F)F. The third-order valence-corrected chi connectivity index (χ3v) is 6.17. The molecule has 1 amide bonds. The Morgan fingerprint density at radius 2 is 1.37 bits per heavy atom. The average molecular weight is 682 g/mol. The van der Waals surface area contributed by atoms with Crippen LogP contribution in [0.2, 0.25) is 0 Å². The fraction of sp³-hybridized carbons (Fsp3) is 0.480. The Morgan fingerprint density at radius 1 is 0.848 bits per heavy atom. The van der Waals surface area contributed by atoms with Crippen LogP contribution < -0.4 is 0 Å². The molecule has 21 heteroatoms. The lowest BCUT2D eigenvalue weighted by Gasteiger charge is -2.46. The number of halogens is 9. The summed E-state index contributed by atoms with van der Waals surface area (Å²) in [6, 6.07) is 7.94. The number of amides is 1. The molecule has 0 bridgehead atoms. The highest BCUT2D eigenvalue weighted by molar-refractivity contribution is 5.87. The van der Waals surface area contributed by atoms with Crippen LogP contribution in [0.1, 0.15) is 17.7 Å². The number of rotatable bonds is 4. The van der Waals surface area contributed by atoms with E-state index in [0.717, 1.165) is 57.0 Å². The minimum absolute atomic E-state index is 0.240. The number of hydrogen-bond donors (Lipinski definition) is 3. The molecule has 2 saturated heterocycles. The zero-order chi connectivity index (χ0) is 35.5. The summed E-state index contributed by atoms with van der Waals surface area (Å²) >= 11 is 0. The van der Waals surface area contributed by atoms with Crippen molar-refractivity contribution in [2.24, 2.45) is 0 Å². The van der Waals surface area contributed by atoms with E-state index in [2.05, 4.69) is 20.9 Å². The number of furan rings is 1. The highest BCUT2D eigenvalue weighted by Crippen LogP contribution is 2.34. The molecule has 0 aliphatic carbocycles. The van der Waals surface area contributed by atoms with Gasteiger partial charge in [0.15, 0.2) is 0 Å². The number of hydrogen-bond acceptors (Lipinski definition) is 8.